The zero-order valence-electron chi connectivity index (χ0n) is 25.8. The van der Waals surface area contributed by atoms with Crippen molar-refractivity contribution in [2.45, 2.75) is 85.0 Å². The van der Waals surface area contributed by atoms with Crippen LogP contribution in [-0.2, 0) is 9.59 Å². The molecule has 1 N–H and O–H groups in total. The van der Waals surface area contributed by atoms with Crippen LogP contribution in [0, 0.1) is 5.92 Å². The molecule has 2 amide bonds. The number of amides is 2. The summed E-state index contributed by atoms with van der Waals surface area (Å²) in [5.74, 6) is 0.155. The van der Waals surface area contributed by atoms with Crippen molar-refractivity contribution in [1.29, 1.82) is 0 Å². The van der Waals surface area contributed by atoms with Gasteiger partial charge in [-0.05, 0) is 77.6 Å². The molecule has 0 atom stereocenters. The summed E-state index contributed by atoms with van der Waals surface area (Å²) in [4.78, 5) is 32.9. The molecule has 0 aliphatic carbocycles. The fourth-order valence-electron chi connectivity index (χ4n) is 4.29. The van der Waals surface area contributed by atoms with Gasteiger partial charge < -0.3 is 15.0 Å². The molecule has 0 unspecified atom stereocenters. The van der Waals surface area contributed by atoms with E-state index in [2.05, 4.69) is 77.8 Å². The molecule has 0 spiro atoms. The molecule has 0 saturated carbocycles. The van der Waals surface area contributed by atoms with Crippen molar-refractivity contribution < 1.29 is 14.8 Å². The second kappa shape index (κ2) is 23.2. The highest BCUT2D eigenvalue weighted by atomic mass is 16.4. The van der Waals surface area contributed by atoms with Crippen LogP contribution in [0.3, 0.4) is 0 Å². The Labute approximate surface area is 248 Å². The summed E-state index contributed by atoms with van der Waals surface area (Å²) < 4.78 is 0. The quantitative estimate of drug-likeness (QED) is 0.0617. The summed E-state index contributed by atoms with van der Waals surface area (Å²) in [6.45, 7) is 7.79. The van der Waals surface area contributed by atoms with E-state index in [0.29, 0.717) is 18.9 Å². The van der Waals surface area contributed by atoms with Gasteiger partial charge in [0, 0.05) is 38.8 Å². The highest BCUT2D eigenvalue weighted by molar-refractivity contribution is 6.60. The van der Waals surface area contributed by atoms with E-state index in [1.54, 1.807) is 24.9 Å². The smallest absolute Gasteiger partial charge is 0.277 e. The largest absolute Gasteiger partial charge is 0.410 e. The van der Waals surface area contributed by atoms with Gasteiger partial charge in [-0.1, -0.05) is 78.9 Å². The molecule has 0 radical (unpaired) electrons. The van der Waals surface area contributed by atoms with Crippen molar-refractivity contribution in [2.24, 2.45) is 16.1 Å². The van der Waals surface area contributed by atoms with Gasteiger partial charge in [0.25, 0.3) is 5.91 Å². The fraction of sp³-hybridized carbons (Fsp3) is 0.529. The molecule has 1 rings (SSSR count). The average Bonchev–Trinajstić information content (AvgIpc) is 2.98. The van der Waals surface area contributed by atoms with Crippen molar-refractivity contribution in [1.82, 2.24) is 9.80 Å². The summed E-state index contributed by atoms with van der Waals surface area (Å²) in [6.07, 6.45) is 34.0. The first-order valence-corrected chi connectivity index (χ1v) is 15.1. The summed E-state index contributed by atoms with van der Waals surface area (Å²) in [5.41, 5.74) is 0.644. The normalized spacial score (nSPS) is 16.1. The zero-order chi connectivity index (χ0) is 30.1. The third kappa shape index (κ3) is 17.1. The van der Waals surface area contributed by atoms with E-state index in [4.69, 9.17) is 0 Å². The monoisotopic (exact) mass is 564 g/mol. The minimum absolute atomic E-state index is 0.0891. The lowest BCUT2D eigenvalue weighted by molar-refractivity contribution is -0.133. The first-order chi connectivity index (χ1) is 19.9. The fourth-order valence-corrected chi connectivity index (χ4v) is 4.29. The van der Waals surface area contributed by atoms with Crippen molar-refractivity contribution in [2.75, 3.05) is 26.7 Å². The Balaban J connectivity index is 2.19. The molecular weight excluding hydrogens is 512 g/mol. The predicted octanol–water partition coefficient (Wildman–Crippen LogP) is 7.43. The van der Waals surface area contributed by atoms with Gasteiger partial charge in [-0.15, -0.1) is 0 Å². The third-order valence-corrected chi connectivity index (χ3v) is 6.90. The van der Waals surface area contributed by atoms with E-state index in [-0.39, 0.29) is 17.5 Å². The van der Waals surface area contributed by atoms with Gasteiger partial charge in [0.1, 0.15) is 0 Å². The second-order valence-corrected chi connectivity index (χ2v) is 10.3. The van der Waals surface area contributed by atoms with Gasteiger partial charge in [0.2, 0.25) is 5.91 Å². The number of piperidine rings is 1. The highest BCUT2D eigenvalue weighted by Gasteiger charge is 2.25. The van der Waals surface area contributed by atoms with Crippen LogP contribution in [-0.4, -0.2) is 65.4 Å². The van der Waals surface area contributed by atoms with E-state index in [9.17, 15) is 14.8 Å². The van der Waals surface area contributed by atoms with Crippen molar-refractivity contribution in [3.8, 4) is 0 Å². The Hall–Kier alpha value is -3.48. The molecule has 0 aromatic rings. The number of unbranched alkanes of at least 4 members (excludes halogenated alkanes) is 1. The lowest BCUT2D eigenvalue weighted by Gasteiger charge is -2.34. The Kier molecular flexibility index (Phi) is 20.2. The third-order valence-electron chi connectivity index (χ3n) is 6.90. The van der Waals surface area contributed by atoms with E-state index in [1.165, 1.54) is 6.21 Å². The molecule has 7 nitrogen and oxygen atoms in total. The van der Waals surface area contributed by atoms with Gasteiger partial charge in [-0.25, -0.2) is 0 Å². The highest BCUT2D eigenvalue weighted by Crippen LogP contribution is 2.19. The average molecular weight is 565 g/mol. The molecule has 226 valence electrons. The number of hydrogen-bond acceptors (Lipinski definition) is 5. The molecule has 7 heteroatoms. The molecule has 41 heavy (non-hydrogen) atoms. The number of nitrogens with zero attached hydrogens (tertiary/aromatic N) is 4. The topological polar surface area (TPSA) is 85.6 Å². The maximum Gasteiger partial charge on any atom is 0.277 e. The van der Waals surface area contributed by atoms with Crippen LogP contribution in [0.5, 0.6) is 0 Å². The number of rotatable bonds is 18. The second-order valence-electron chi connectivity index (χ2n) is 10.3. The van der Waals surface area contributed by atoms with E-state index < -0.39 is 0 Å². The summed E-state index contributed by atoms with van der Waals surface area (Å²) in [6, 6.07) is 0. The molecule has 0 aromatic carbocycles. The molecule has 0 bridgehead atoms. The van der Waals surface area contributed by atoms with E-state index in [1.807, 2.05) is 11.8 Å². The van der Waals surface area contributed by atoms with E-state index in [0.717, 1.165) is 76.6 Å². The maximum atomic E-state index is 12.6. The predicted molar refractivity (Wildman–Crippen MR) is 172 cm³/mol. The summed E-state index contributed by atoms with van der Waals surface area (Å²) in [7, 11) is 1.70. The van der Waals surface area contributed by atoms with Crippen LogP contribution in [0.2, 0.25) is 0 Å². The number of likely N-dealkylation sites (tertiary alicyclic amines) is 1. The van der Waals surface area contributed by atoms with Crippen LogP contribution in [0.1, 0.15) is 85.0 Å². The zero-order valence-corrected chi connectivity index (χ0v) is 25.8. The minimum atomic E-state index is -0.367. The lowest BCUT2D eigenvalue weighted by Crippen LogP contribution is -2.43. The Morgan fingerprint density at radius 1 is 0.902 bits per heavy atom. The number of hydrogen-bond donors (Lipinski definition) is 1. The van der Waals surface area contributed by atoms with Gasteiger partial charge in [-0.3, -0.25) is 14.6 Å². The SMILES string of the molecule is C\C=C(C)/N=C/C(=N/O)C(=O)N(C)CC1CCN(C(=O)CCC/C=C\C/C=C\C/C=C\C/C=C\C/C=C\CC)CC1. The summed E-state index contributed by atoms with van der Waals surface area (Å²) >= 11 is 0. The van der Waals surface area contributed by atoms with Gasteiger partial charge in [0.15, 0.2) is 5.71 Å². The Morgan fingerprint density at radius 2 is 1.44 bits per heavy atom. The Bertz CT molecular complexity index is 993. The molecule has 1 aliphatic rings. The van der Waals surface area contributed by atoms with Crippen molar-refractivity contribution >= 4 is 23.7 Å². The summed E-state index contributed by atoms with van der Waals surface area (Å²) in [5, 5.41) is 12.3. The van der Waals surface area contributed by atoms with Gasteiger partial charge >= 0.3 is 0 Å². The number of oxime groups is 1. The standard InChI is InChI=1S/C34H52N4O3/c1-5-7-8-9-10-11-12-13-14-15-16-17-18-19-20-21-22-23-33(39)38-26-24-31(25-27-38)29-37(4)34(40)32(36-41)28-35-30(3)6-2/h6-8,10-11,13-14,16-17,19-20,28,31,41H,5,9,12,15,18,21-27,29H2,1-4H3/b8-7-,11-10-,14-13-,17-16-,20-19-,30-6-,35-28+,36-32-. The molecule has 1 saturated heterocycles. The number of carbonyl (C=O) groups is 2. The Morgan fingerprint density at radius 3 is 1.95 bits per heavy atom. The number of allylic oxidation sites excluding steroid dienone is 12. The van der Waals surface area contributed by atoms with Gasteiger partial charge in [0.05, 0.1) is 6.21 Å². The van der Waals surface area contributed by atoms with Crippen LogP contribution >= 0.6 is 0 Å². The minimum Gasteiger partial charge on any atom is -0.410 e. The van der Waals surface area contributed by atoms with Crippen molar-refractivity contribution in [3.05, 3.63) is 72.5 Å². The van der Waals surface area contributed by atoms with E-state index >= 15 is 0 Å². The van der Waals surface area contributed by atoms with Crippen LogP contribution in [0.25, 0.3) is 0 Å². The lowest BCUT2D eigenvalue weighted by atomic mass is 9.95. The first-order valence-electron chi connectivity index (χ1n) is 15.1. The molecule has 1 heterocycles. The van der Waals surface area contributed by atoms with Crippen molar-refractivity contribution in [3.63, 3.8) is 0 Å². The number of carbonyl (C=O) groups excluding carboxylic acids is 2. The number of aliphatic imine (C=N–C) groups is 1. The molecule has 1 fully saturated rings. The maximum absolute atomic E-state index is 12.6. The molecule has 0 aromatic heterocycles. The van der Waals surface area contributed by atoms with Crippen LogP contribution in [0.4, 0.5) is 0 Å². The van der Waals surface area contributed by atoms with Crippen LogP contribution in [0.15, 0.2) is 82.7 Å². The van der Waals surface area contributed by atoms with Crippen LogP contribution < -0.4 is 0 Å². The molecule has 1 aliphatic heterocycles. The van der Waals surface area contributed by atoms with Gasteiger partial charge in [-0.2, -0.15) is 0 Å². The first kappa shape index (κ1) is 35.5. The molecular formula is C34H52N4O3.